The fraction of sp³-hybridized carbons (Fsp3) is 0.400. The van der Waals surface area contributed by atoms with E-state index in [-0.39, 0.29) is 17.6 Å². The van der Waals surface area contributed by atoms with Crippen molar-refractivity contribution < 1.29 is 24.2 Å². The summed E-state index contributed by atoms with van der Waals surface area (Å²) < 4.78 is 5.90. The lowest BCUT2D eigenvalue weighted by Gasteiger charge is -2.08. The molecule has 2 N–H and O–H groups in total. The average Bonchev–Trinajstić information content (AvgIpc) is 3.08. The van der Waals surface area contributed by atoms with Crippen LogP contribution in [0.4, 0.5) is 4.79 Å². The van der Waals surface area contributed by atoms with Gasteiger partial charge in [-0.15, -0.1) is 0 Å². The van der Waals surface area contributed by atoms with Crippen LogP contribution >= 0.6 is 11.8 Å². The molecule has 0 aliphatic carbocycles. The van der Waals surface area contributed by atoms with Crippen LogP contribution in [-0.2, 0) is 9.59 Å². The third kappa shape index (κ3) is 7.71. The van der Waals surface area contributed by atoms with E-state index < -0.39 is 5.97 Å². The maximum Gasteiger partial charge on any atom is 0.303 e. The van der Waals surface area contributed by atoms with Crippen molar-refractivity contribution >= 4 is 45.7 Å². The number of amides is 2. The number of rotatable bonds is 13. The van der Waals surface area contributed by atoms with Gasteiger partial charge >= 0.3 is 5.97 Å². The molecule has 0 atom stereocenters. The van der Waals surface area contributed by atoms with Crippen molar-refractivity contribution in [3.63, 3.8) is 0 Å². The van der Waals surface area contributed by atoms with Gasteiger partial charge in [0.2, 0.25) is 0 Å². The van der Waals surface area contributed by atoms with E-state index in [4.69, 9.17) is 9.84 Å². The predicted molar refractivity (Wildman–Crippen MR) is 128 cm³/mol. The molecule has 0 bridgehead atoms. The first-order valence-electron chi connectivity index (χ1n) is 11.1. The summed E-state index contributed by atoms with van der Waals surface area (Å²) in [6, 6.07) is 11.9. The van der Waals surface area contributed by atoms with Gasteiger partial charge in [-0.1, -0.05) is 56.7 Å². The highest BCUT2D eigenvalue weighted by atomic mass is 32.2. The first-order valence-corrected chi connectivity index (χ1v) is 12.0. The number of unbranched alkanes of at least 4 members (excludes halogenated alkanes) is 7. The Hall–Kier alpha value is -2.80. The molecule has 2 amide bonds. The number of imide groups is 1. The fourth-order valence-corrected chi connectivity index (χ4v) is 4.31. The second-order valence-corrected chi connectivity index (χ2v) is 8.96. The summed E-state index contributed by atoms with van der Waals surface area (Å²) in [6.07, 6.45) is 10.6. The van der Waals surface area contributed by atoms with Gasteiger partial charge in [-0.05, 0) is 65.2 Å². The third-order valence-electron chi connectivity index (χ3n) is 5.33. The van der Waals surface area contributed by atoms with Crippen molar-refractivity contribution in [2.75, 3.05) is 6.61 Å². The SMILES string of the molecule is O=C(O)CCCCCCCCCCOc1ccc2cc(/C=C3\SC(=O)NC3=O)ccc2c1. The second-order valence-electron chi connectivity index (χ2n) is 7.94. The molecule has 0 aromatic heterocycles. The van der Waals surface area contributed by atoms with Gasteiger partial charge in [0.05, 0.1) is 11.5 Å². The minimum Gasteiger partial charge on any atom is -0.494 e. The first kappa shape index (κ1) is 23.9. The molecule has 1 aliphatic rings. The second kappa shape index (κ2) is 12.3. The molecule has 2 aromatic rings. The Labute approximate surface area is 192 Å². The van der Waals surface area contributed by atoms with Crippen molar-refractivity contribution in [3.8, 4) is 5.75 Å². The van der Waals surface area contributed by atoms with E-state index in [1.54, 1.807) is 6.08 Å². The summed E-state index contributed by atoms with van der Waals surface area (Å²) >= 11 is 0.919. The minimum atomic E-state index is -0.702. The van der Waals surface area contributed by atoms with Gasteiger partial charge in [0.1, 0.15) is 5.75 Å². The van der Waals surface area contributed by atoms with Gasteiger partial charge in [-0.25, -0.2) is 0 Å². The van der Waals surface area contributed by atoms with Crippen LogP contribution in [0.5, 0.6) is 5.75 Å². The van der Waals surface area contributed by atoms with E-state index in [1.165, 1.54) is 19.3 Å². The first-order chi connectivity index (χ1) is 15.5. The highest BCUT2D eigenvalue weighted by molar-refractivity contribution is 8.18. The molecule has 3 rings (SSSR count). The molecule has 2 aromatic carbocycles. The van der Waals surface area contributed by atoms with Gasteiger partial charge in [0.25, 0.3) is 11.1 Å². The largest absolute Gasteiger partial charge is 0.494 e. The van der Waals surface area contributed by atoms with Crippen LogP contribution in [0.2, 0.25) is 0 Å². The van der Waals surface area contributed by atoms with E-state index in [9.17, 15) is 14.4 Å². The molecule has 1 saturated heterocycles. The molecule has 6 nitrogen and oxygen atoms in total. The fourth-order valence-electron chi connectivity index (χ4n) is 3.62. The monoisotopic (exact) mass is 455 g/mol. The maximum absolute atomic E-state index is 11.7. The number of ether oxygens (including phenoxy) is 1. The lowest BCUT2D eigenvalue weighted by atomic mass is 10.1. The number of hydrogen-bond acceptors (Lipinski definition) is 5. The van der Waals surface area contributed by atoms with Crippen LogP contribution in [0.15, 0.2) is 41.3 Å². The zero-order valence-electron chi connectivity index (χ0n) is 18.1. The number of carboxylic acids is 1. The van der Waals surface area contributed by atoms with E-state index >= 15 is 0 Å². The smallest absolute Gasteiger partial charge is 0.303 e. The van der Waals surface area contributed by atoms with Crippen LogP contribution in [0, 0.1) is 0 Å². The topological polar surface area (TPSA) is 92.7 Å². The van der Waals surface area contributed by atoms with Gasteiger partial charge < -0.3 is 9.84 Å². The molecule has 1 fully saturated rings. The Morgan fingerprint density at radius 1 is 0.906 bits per heavy atom. The summed E-state index contributed by atoms with van der Waals surface area (Å²) in [5.41, 5.74) is 0.875. The van der Waals surface area contributed by atoms with Crippen LogP contribution < -0.4 is 10.1 Å². The Morgan fingerprint density at radius 2 is 1.56 bits per heavy atom. The molecule has 7 heteroatoms. The van der Waals surface area contributed by atoms with E-state index in [0.717, 1.165) is 66.0 Å². The maximum atomic E-state index is 11.7. The Bertz CT molecular complexity index is 1000. The van der Waals surface area contributed by atoms with Gasteiger partial charge in [0, 0.05) is 6.42 Å². The van der Waals surface area contributed by atoms with Crippen molar-refractivity contribution in [3.05, 3.63) is 46.9 Å². The average molecular weight is 456 g/mol. The van der Waals surface area contributed by atoms with E-state index in [1.807, 2.05) is 36.4 Å². The number of carbonyl (C=O) groups excluding carboxylic acids is 2. The van der Waals surface area contributed by atoms with Crippen molar-refractivity contribution in [2.24, 2.45) is 0 Å². The summed E-state index contributed by atoms with van der Waals surface area (Å²) in [4.78, 5) is 33.9. The lowest BCUT2D eigenvalue weighted by molar-refractivity contribution is -0.137. The molecule has 0 radical (unpaired) electrons. The van der Waals surface area contributed by atoms with Crippen LogP contribution in [-0.4, -0.2) is 28.8 Å². The Morgan fingerprint density at radius 3 is 2.25 bits per heavy atom. The zero-order valence-corrected chi connectivity index (χ0v) is 18.9. The molecule has 32 heavy (non-hydrogen) atoms. The standard InChI is InChI=1S/C25H29NO5S/c27-23(28)9-7-5-3-1-2-4-6-8-14-31-21-13-12-19-15-18(10-11-20(19)17-21)16-22-24(29)26-25(30)32-22/h10-13,15-17H,1-9,14H2,(H,27,28)(H,26,29,30)/b22-16-. The van der Waals surface area contributed by atoms with Crippen molar-refractivity contribution in [1.29, 1.82) is 0 Å². The van der Waals surface area contributed by atoms with Crippen molar-refractivity contribution in [1.82, 2.24) is 5.32 Å². The quantitative estimate of drug-likeness (QED) is 0.278. The number of hydrogen-bond donors (Lipinski definition) is 2. The van der Waals surface area contributed by atoms with Gasteiger partial charge in [0.15, 0.2) is 0 Å². The van der Waals surface area contributed by atoms with Gasteiger partial charge in [-0.2, -0.15) is 0 Å². The van der Waals surface area contributed by atoms with Crippen LogP contribution in [0.3, 0.4) is 0 Å². The van der Waals surface area contributed by atoms with Gasteiger partial charge in [-0.3, -0.25) is 19.7 Å². The molecule has 0 spiro atoms. The number of nitrogens with one attached hydrogen (secondary N) is 1. The normalized spacial score (nSPS) is 14.8. The summed E-state index contributed by atoms with van der Waals surface area (Å²) in [5, 5.41) is 12.6. The summed E-state index contributed by atoms with van der Waals surface area (Å²) in [7, 11) is 0. The molecular weight excluding hydrogens is 426 g/mol. The highest BCUT2D eigenvalue weighted by Gasteiger charge is 2.24. The number of benzene rings is 2. The number of thioether (sulfide) groups is 1. The third-order valence-corrected chi connectivity index (χ3v) is 6.14. The Kier molecular flexibility index (Phi) is 9.16. The Balaban J connectivity index is 1.36. The van der Waals surface area contributed by atoms with Crippen LogP contribution in [0.25, 0.3) is 16.8 Å². The molecule has 0 saturated carbocycles. The minimum absolute atomic E-state index is 0.283. The van der Waals surface area contributed by atoms with Crippen molar-refractivity contribution in [2.45, 2.75) is 57.8 Å². The van der Waals surface area contributed by atoms with E-state index in [0.29, 0.717) is 11.5 Å². The number of aliphatic carboxylic acids is 1. The number of fused-ring (bicyclic) bond motifs is 1. The highest BCUT2D eigenvalue weighted by Crippen LogP contribution is 2.28. The predicted octanol–water partition coefficient (Wildman–Crippen LogP) is 6.14. The molecular formula is C25H29NO5S. The lowest BCUT2D eigenvalue weighted by Crippen LogP contribution is -2.17. The molecule has 170 valence electrons. The summed E-state index contributed by atoms with van der Waals surface area (Å²) in [6.45, 7) is 0.689. The molecule has 1 aliphatic heterocycles. The number of carboxylic acid groups (broad SMARTS) is 1. The van der Waals surface area contributed by atoms with Crippen LogP contribution in [0.1, 0.15) is 63.4 Å². The summed E-state index contributed by atoms with van der Waals surface area (Å²) in [5.74, 6) is -0.204. The molecule has 1 heterocycles. The molecule has 0 unspecified atom stereocenters. The number of carbonyl (C=O) groups is 3. The zero-order chi connectivity index (χ0) is 22.8. The van der Waals surface area contributed by atoms with E-state index in [2.05, 4.69) is 5.32 Å².